The second kappa shape index (κ2) is 10.5. The van der Waals surface area contributed by atoms with Crippen molar-refractivity contribution in [1.82, 2.24) is 10.2 Å². The Morgan fingerprint density at radius 3 is 2.25 bits per heavy atom. The van der Waals surface area contributed by atoms with Gasteiger partial charge in [0, 0.05) is 25.0 Å². The van der Waals surface area contributed by atoms with Crippen LogP contribution in [0.3, 0.4) is 0 Å². The molecule has 0 radical (unpaired) electrons. The summed E-state index contributed by atoms with van der Waals surface area (Å²) in [6, 6.07) is 20.0. The lowest BCUT2D eigenvalue weighted by molar-refractivity contribution is -0.177. The molecule has 2 aromatic rings. The molecule has 0 aliphatic carbocycles. The molecule has 2 aromatic carbocycles. The van der Waals surface area contributed by atoms with Gasteiger partial charge in [0.1, 0.15) is 12.0 Å². The quantitative estimate of drug-likeness (QED) is 0.678. The normalized spacial score (nSPS) is 22.8. The Labute approximate surface area is 193 Å². The minimum Gasteiger partial charge on any atom is -0.368 e. The number of hydrogen-bond donors (Lipinski definition) is 1. The summed E-state index contributed by atoms with van der Waals surface area (Å²) in [7, 11) is 0. The lowest BCUT2D eigenvalue weighted by atomic mass is 9.72. The number of benzene rings is 2. The summed E-state index contributed by atoms with van der Waals surface area (Å²) in [6.45, 7) is 2.56. The maximum Gasteiger partial charge on any atom is 0.254 e. The largest absolute Gasteiger partial charge is 0.368 e. The maximum atomic E-state index is 13.4. The average molecular weight is 457 g/mol. The highest BCUT2D eigenvalue weighted by atomic mass is 35.5. The van der Waals surface area contributed by atoms with Crippen LogP contribution >= 0.6 is 11.6 Å². The van der Waals surface area contributed by atoms with Crippen LogP contribution in [-0.4, -0.2) is 61.5 Å². The van der Waals surface area contributed by atoms with Crippen molar-refractivity contribution in [3.8, 4) is 0 Å². The van der Waals surface area contributed by atoms with Gasteiger partial charge in [0.15, 0.2) is 6.10 Å². The van der Waals surface area contributed by atoms with E-state index in [1.165, 1.54) is 5.56 Å². The second-order valence-electron chi connectivity index (χ2n) is 8.38. The van der Waals surface area contributed by atoms with E-state index in [-0.39, 0.29) is 23.1 Å². The van der Waals surface area contributed by atoms with Crippen molar-refractivity contribution in [1.29, 1.82) is 0 Å². The molecule has 170 valence electrons. The first-order valence-corrected chi connectivity index (χ1v) is 11.6. The van der Waals surface area contributed by atoms with Gasteiger partial charge in [0.05, 0.1) is 13.2 Å². The average Bonchev–Trinajstić information content (AvgIpc) is 2.88. The first kappa shape index (κ1) is 22.8. The van der Waals surface area contributed by atoms with Crippen molar-refractivity contribution in [2.24, 2.45) is 0 Å². The zero-order valence-corrected chi connectivity index (χ0v) is 18.8. The molecule has 1 N–H and O–H groups in total. The van der Waals surface area contributed by atoms with Crippen molar-refractivity contribution in [2.45, 2.75) is 30.5 Å². The smallest absolute Gasteiger partial charge is 0.254 e. The monoisotopic (exact) mass is 456 g/mol. The van der Waals surface area contributed by atoms with Crippen LogP contribution in [-0.2, 0) is 24.5 Å². The van der Waals surface area contributed by atoms with Crippen LogP contribution in [0.5, 0.6) is 0 Å². The summed E-state index contributed by atoms with van der Waals surface area (Å²) in [4.78, 5) is 27.1. The standard InChI is InChI=1S/C25H29ClN2O4/c26-17-21(29)27-18-25(20-9-5-2-6-10-20)11-13-28(14-12-25)24(30)23-22(31-15-16-32-23)19-7-3-1-4-8-19/h1-10,22-23H,11-18H2,(H,27,29)/t22-,23-/m1/s1. The Hall–Kier alpha value is -2.41. The molecule has 2 amide bonds. The van der Waals surface area contributed by atoms with Gasteiger partial charge in [0.25, 0.3) is 5.91 Å². The predicted molar refractivity (Wildman–Crippen MR) is 123 cm³/mol. The van der Waals surface area contributed by atoms with E-state index < -0.39 is 12.2 Å². The third kappa shape index (κ3) is 4.98. The van der Waals surface area contributed by atoms with Gasteiger partial charge in [0.2, 0.25) is 5.91 Å². The number of likely N-dealkylation sites (tertiary alicyclic amines) is 1. The Morgan fingerprint density at radius 1 is 0.969 bits per heavy atom. The Kier molecular flexibility index (Phi) is 7.45. The summed E-state index contributed by atoms with van der Waals surface area (Å²) in [5, 5.41) is 2.96. The lowest BCUT2D eigenvalue weighted by Gasteiger charge is -2.44. The van der Waals surface area contributed by atoms with Gasteiger partial charge in [-0.15, -0.1) is 11.6 Å². The van der Waals surface area contributed by atoms with Crippen molar-refractivity contribution in [2.75, 3.05) is 38.7 Å². The topological polar surface area (TPSA) is 67.9 Å². The molecule has 2 heterocycles. The van der Waals surface area contributed by atoms with E-state index in [9.17, 15) is 9.59 Å². The second-order valence-corrected chi connectivity index (χ2v) is 8.64. The molecular weight excluding hydrogens is 428 g/mol. The van der Waals surface area contributed by atoms with Gasteiger partial charge in [-0.1, -0.05) is 60.7 Å². The molecule has 2 aliphatic rings. The molecule has 2 atom stereocenters. The summed E-state index contributed by atoms with van der Waals surface area (Å²) in [5.41, 5.74) is 1.88. The maximum absolute atomic E-state index is 13.4. The number of rotatable bonds is 6. The number of alkyl halides is 1. The zero-order chi connectivity index (χ0) is 22.4. The van der Waals surface area contributed by atoms with E-state index in [1.54, 1.807) is 0 Å². The number of amides is 2. The van der Waals surface area contributed by atoms with Crippen LogP contribution in [0.1, 0.15) is 30.1 Å². The van der Waals surface area contributed by atoms with Crippen LogP contribution < -0.4 is 5.32 Å². The van der Waals surface area contributed by atoms with Crippen LogP contribution in [0, 0.1) is 0 Å². The molecule has 0 spiro atoms. The molecule has 2 saturated heterocycles. The molecule has 4 rings (SSSR count). The van der Waals surface area contributed by atoms with Gasteiger partial charge < -0.3 is 19.7 Å². The number of halogens is 1. The highest BCUT2D eigenvalue weighted by Crippen LogP contribution is 2.36. The van der Waals surface area contributed by atoms with Crippen LogP contribution in [0.15, 0.2) is 60.7 Å². The Morgan fingerprint density at radius 2 is 1.59 bits per heavy atom. The predicted octanol–water partition coefficient (Wildman–Crippen LogP) is 3.06. The summed E-state index contributed by atoms with van der Waals surface area (Å²) in [6.07, 6.45) is 0.441. The number of carbonyl (C=O) groups is 2. The molecule has 0 bridgehead atoms. The Balaban J connectivity index is 1.48. The van der Waals surface area contributed by atoms with Gasteiger partial charge in [-0.2, -0.15) is 0 Å². The molecule has 2 fully saturated rings. The number of ether oxygens (including phenoxy) is 2. The summed E-state index contributed by atoms with van der Waals surface area (Å²) in [5.74, 6) is -0.279. The van der Waals surface area contributed by atoms with Gasteiger partial charge >= 0.3 is 0 Å². The minimum atomic E-state index is -0.647. The fraction of sp³-hybridized carbons (Fsp3) is 0.440. The fourth-order valence-electron chi connectivity index (χ4n) is 4.65. The molecule has 6 nitrogen and oxygen atoms in total. The number of nitrogens with zero attached hydrogens (tertiary/aromatic N) is 1. The first-order valence-electron chi connectivity index (χ1n) is 11.1. The van der Waals surface area contributed by atoms with E-state index in [0.717, 1.165) is 18.4 Å². The Bertz CT molecular complexity index is 901. The highest BCUT2D eigenvalue weighted by Gasteiger charge is 2.42. The summed E-state index contributed by atoms with van der Waals surface area (Å²) < 4.78 is 11.8. The van der Waals surface area contributed by atoms with E-state index >= 15 is 0 Å². The molecule has 0 saturated carbocycles. The molecule has 32 heavy (non-hydrogen) atoms. The third-order valence-corrected chi connectivity index (χ3v) is 6.73. The molecular formula is C25H29ClN2O4. The molecule has 2 aliphatic heterocycles. The van der Waals surface area contributed by atoms with Crippen LogP contribution in [0.25, 0.3) is 0 Å². The fourth-order valence-corrected chi connectivity index (χ4v) is 4.74. The van der Waals surface area contributed by atoms with Gasteiger partial charge in [-0.25, -0.2) is 0 Å². The molecule has 0 aromatic heterocycles. The van der Waals surface area contributed by atoms with Gasteiger partial charge in [-0.3, -0.25) is 9.59 Å². The number of hydrogen-bond acceptors (Lipinski definition) is 4. The molecule has 7 heteroatoms. The zero-order valence-electron chi connectivity index (χ0n) is 18.0. The van der Waals surface area contributed by atoms with Crippen molar-refractivity contribution in [3.05, 3.63) is 71.8 Å². The first-order chi connectivity index (χ1) is 15.6. The van der Waals surface area contributed by atoms with Crippen LogP contribution in [0.2, 0.25) is 0 Å². The van der Waals surface area contributed by atoms with Crippen molar-refractivity contribution >= 4 is 23.4 Å². The lowest BCUT2D eigenvalue weighted by Crippen LogP contribution is -2.54. The van der Waals surface area contributed by atoms with E-state index in [0.29, 0.717) is 32.8 Å². The van der Waals surface area contributed by atoms with E-state index in [2.05, 4.69) is 17.4 Å². The van der Waals surface area contributed by atoms with Crippen molar-refractivity contribution < 1.29 is 19.1 Å². The SMILES string of the molecule is O=C(CCl)NCC1(c2ccccc2)CCN(C(=O)[C@@H]2OCCO[C@@H]2c2ccccc2)CC1. The van der Waals surface area contributed by atoms with Crippen molar-refractivity contribution in [3.63, 3.8) is 0 Å². The highest BCUT2D eigenvalue weighted by molar-refractivity contribution is 6.27. The number of carbonyl (C=O) groups excluding carboxylic acids is 2. The summed E-state index contributed by atoms with van der Waals surface area (Å²) >= 11 is 5.69. The third-order valence-electron chi connectivity index (χ3n) is 6.49. The van der Waals surface area contributed by atoms with Crippen LogP contribution in [0.4, 0.5) is 0 Å². The number of nitrogens with one attached hydrogen (secondary N) is 1. The van der Waals surface area contributed by atoms with E-state index in [1.807, 2.05) is 53.4 Å². The van der Waals surface area contributed by atoms with Gasteiger partial charge in [-0.05, 0) is 24.0 Å². The van der Waals surface area contributed by atoms with E-state index in [4.69, 9.17) is 21.1 Å². The number of piperidine rings is 1. The minimum absolute atomic E-state index is 0.0370. The molecule has 0 unspecified atom stereocenters.